The highest BCUT2D eigenvalue weighted by Crippen LogP contribution is 2.43. The van der Waals surface area contributed by atoms with E-state index in [0.29, 0.717) is 31.0 Å². The zero-order chi connectivity index (χ0) is 26.7. The summed E-state index contributed by atoms with van der Waals surface area (Å²) in [7, 11) is 0. The number of fused-ring (bicyclic) bond motifs is 1. The molecule has 2 aliphatic heterocycles. The van der Waals surface area contributed by atoms with E-state index in [4.69, 9.17) is 10.4 Å². The number of aromatic nitrogens is 2. The molecule has 0 spiro atoms. The molecule has 1 aromatic heterocycles. The normalized spacial score (nSPS) is 18.9. The van der Waals surface area contributed by atoms with Gasteiger partial charge in [0.15, 0.2) is 11.5 Å². The van der Waals surface area contributed by atoms with Crippen LogP contribution in [0.5, 0.6) is 11.5 Å². The van der Waals surface area contributed by atoms with Gasteiger partial charge in [0.2, 0.25) is 0 Å². The number of benzene rings is 1. The van der Waals surface area contributed by atoms with Crippen LogP contribution in [-0.4, -0.2) is 51.9 Å². The topological polar surface area (TPSA) is 120 Å². The van der Waals surface area contributed by atoms with Crippen molar-refractivity contribution in [3.63, 3.8) is 0 Å². The number of piperidine rings is 1. The first kappa shape index (κ1) is 26.6. The van der Waals surface area contributed by atoms with Gasteiger partial charge >= 0.3 is 6.29 Å². The Morgan fingerprint density at radius 1 is 1.35 bits per heavy atom. The summed E-state index contributed by atoms with van der Waals surface area (Å²) in [6, 6.07) is 4.34. The van der Waals surface area contributed by atoms with Crippen molar-refractivity contribution in [3.8, 4) is 11.5 Å². The molecule has 1 aromatic carbocycles. The van der Waals surface area contributed by atoms with Crippen LogP contribution in [0.4, 0.5) is 14.6 Å². The number of H-pyrrole nitrogens is 1. The predicted molar refractivity (Wildman–Crippen MR) is 135 cm³/mol. The molecule has 2 unspecified atom stereocenters. The molecule has 200 valence electrons. The van der Waals surface area contributed by atoms with Crippen LogP contribution in [-0.2, 0) is 0 Å². The molecule has 4 rings (SSSR count). The average Bonchev–Trinajstić information content (AvgIpc) is 3.19. The number of amides is 1. The van der Waals surface area contributed by atoms with Gasteiger partial charge in [-0.1, -0.05) is 32.8 Å². The number of halogens is 2. The number of ether oxygens (including phenoxy) is 2. The van der Waals surface area contributed by atoms with Gasteiger partial charge in [0.1, 0.15) is 17.2 Å². The number of hydrogen-bond acceptors (Lipinski definition) is 7. The summed E-state index contributed by atoms with van der Waals surface area (Å²) >= 11 is 0. The van der Waals surface area contributed by atoms with Crippen LogP contribution in [0.2, 0.25) is 0 Å². The van der Waals surface area contributed by atoms with Crippen molar-refractivity contribution in [2.45, 2.75) is 77.6 Å². The van der Waals surface area contributed by atoms with Crippen molar-refractivity contribution in [2.75, 3.05) is 18.4 Å². The number of aromatic amines is 1. The van der Waals surface area contributed by atoms with Crippen LogP contribution in [0.3, 0.4) is 0 Å². The fourth-order valence-corrected chi connectivity index (χ4v) is 4.85. The summed E-state index contributed by atoms with van der Waals surface area (Å²) in [5.41, 5.74) is -0.0796. The lowest BCUT2D eigenvalue weighted by Gasteiger charge is -2.32. The second kappa shape index (κ2) is 10.9. The van der Waals surface area contributed by atoms with E-state index in [1.54, 1.807) is 11.8 Å². The number of para-hydroxylation sites is 1. The van der Waals surface area contributed by atoms with Crippen LogP contribution in [0.25, 0.3) is 0 Å². The van der Waals surface area contributed by atoms with E-state index < -0.39 is 17.8 Å². The van der Waals surface area contributed by atoms with E-state index in [0.717, 1.165) is 25.7 Å². The highest BCUT2D eigenvalue weighted by Gasteiger charge is 2.45. The molecule has 2 aromatic rings. The first-order valence-electron chi connectivity index (χ1n) is 12.8. The Morgan fingerprint density at radius 2 is 2.14 bits per heavy atom. The van der Waals surface area contributed by atoms with E-state index in [1.807, 2.05) is 0 Å². The number of unbranched alkanes of at least 4 members (excludes halogenated alkanes) is 1. The first-order valence-corrected chi connectivity index (χ1v) is 12.8. The smallest absolute Gasteiger partial charge is 0.395 e. The van der Waals surface area contributed by atoms with Crippen LogP contribution in [0, 0.1) is 5.41 Å². The maximum atomic E-state index is 13.6. The molecule has 1 saturated heterocycles. The maximum Gasteiger partial charge on any atom is 0.586 e. The average molecular weight is 518 g/mol. The molecule has 11 heteroatoms. The minimum Gasteiger partial charge on any atom is -0.395 e. The fraction of sp³-hybridized carbons (Fsp3) is 0.538. The lowest BCUT2D eigenvalue weighted by Crippen LogP contribution is -2.40. The van der Waals surface area contributed by atoms with E-state index in [2.05, 4.69) is 33.6 Å². The largest absolute Gasteiger partial charge is 0.586 e. The number of anilines is 1. The van der Waals surface area contributed by atoms with Gasteiger partial charge in [-0.3, -0.25) is 9.59 Å². The third-order valence-electron chi connectivity index (χ3n) is 6.81. The lowest BCUT2D eigenvalue weighted by atomic mass is 9.96. The molecule has 0 saturated carbocycles. The Labute approximate surface area is 214 Å². The highest BCUT2D eigenvalue weighted by molar-refractivity contribution is 6.00. The van der Waals surface area contributed by atoms with E-state index in [-0.39, 0.29) is 46.8 Å². The Kier molecular flexibility index (Phi) is 7.79. The molecular formula is C26H33F2N5O4. The van der Waals surface area contributed by atoms with Gasteiger partial charge < -0.3 is 30.1 Å². The lowest BCUT2D eigenvalue weighted by molar-refractivity contribution is -0.286. The third-order valence-corrected chi connectivity index (χ3v) is 6.81. The van der Waals surface area contributed by atoms with Crippen LogP contribution in [0.1, 0.15) is 87.0 Å². The van der Waals surface area contributed by atoms with Gasteiger partial charge in [-0.05, 0) is 44.7 Å². The molecule has 0 radical (unpaired) electrons. The van der Waals surface area contributed by atoms with E-state index in [9.17, 15) is 18.4 Å². The van der Waals surface area contributed by atoms with Gasteiger partial charge in [0, 0.05) is 30.8 Å². The number of carbonyl (C=O) groups excluding carboxylic acids is 1. The van der Waals surface area contributed by atoms with Crippen molar-refractivity contribution >= 4 is 17.4 Å². The molecular weight excluding hydrogens is 484 g/mol. The standard InChI is InChI=1S/C26H33F2N5O4/c1-4-6-10-17(5-2)30-23-20(15(3)29)24(34)32-22(31-23)16-9-8-13-33(14-16)25(35)18-11-7-12-19-21(18)37-26(27,28)36-19/h7,11-12,16-17,29H,4-6,8-10,13-14H2,1-3H3,(H2,30,31,32,34). The third kappa shape index (κ3) is 5.75. The van der Waals surface area contributed by atoms with Crippen LogP contribution >= 0.6 is 0 Å². The van der Waals surface area contributed by atoms with E-state index >= 15 is 0 Å². The van der Waals surface area contributed by atoms with Gasteiger partial charge in [0.05, 0.1) is 5.56 Å². The quantitative estimate of drug-likeness (QED) is 0.408. The molecule has 37 heavy (non-hydrogen) atoms. The van der Waals surface area contributed by atoms with Crippen molar-refractivity contribution in [1.29, 1.82) is 5.41 Å². The van der Waals surface area contributed by atoms with Crippen molar-refractivity contribution < 1.29 is 23.0 Å². The maximum absolute atomic E-state index is 13.6. The van der Waals surface area contributed by atoms with Crippen LogP contribution in [0.15, 0.2) is 23.0 Å². The number of likely N-dealkylation sites (tertiary alicyclic amines) is 1. The zero-order valence-corrected chi connectivity index (χ0v) is 21.3. The summed E-state index contributed by atoms with van der Waals surface area (Å²) in [5, 5.41) is 11.5. The number of hydrogen-bond donors (Lipinski definition) is 3. The van der Waals surface area contributed by atoms with Crippen molar-refractivity contribution in [1.82, 2.24) is 14.9 Å². The molecule has 0 bridgehead atoms. The zero-order valence-electron chi connectivity index (χ0n) is 21.3. The van der Waals surface area contributed by atoms with Gasteiger partial charge in [-0.15, -0.1) is 8.78 Å². The summed E-state index contributed by atoms with van der Waals surface area (Å²) < 4.78 is 36.3. The molecule has 1 amide bonds. The van der Waals surface area contributed by atoms with Crippen LogP contribution < -0.4 is 20.3 Å². The summed E-state index contributed by atoms with van der Waals surface area (Å²) in [5.74, 6) is -0.368. The first-order chi connectivity index (χ1) is 17.6. The summed E-state index contributed by atoms with van der Waals surface area (Å²) in [6.07, 6.45) is 1.36. The number of rotatable bonds is 9. The molecule has 0 aliphatic carbocycles. The van der Waals surface area contributed by atoms with Crippen molar-refractivity contribution in [3.05, 3.63) is 45.5 Å². The molecule has 1 fully saturated rings. The number of nitrogens with one attached hydrogen (secondary N) is 3. The van der Waals surface area contributed by atoms with Gasteiger partial charge in [0.25, 0.3) is 11.5 Å². The predicted octanol–water partition coefficient (Wildman–Crippen LogP) is 4.88. The Hall–Kier alpha value is -3.50. The Balaban J connectivity index is 1.59. The molecule has 3 N–H and O–H groups in total. The summed E-state index contributed by atoms with van der Waals surface area (Å²) in [6.45, 7) is 6.41. The molecule has 9 nitrogen and oxygen atoms in total. The highest BCUT2D eigenvalue weighted by atomic mass is 19.3. The molecule has 3 heterocycles. The molecule has 2 atom stereocenters. The summed E-state index contributed by atoms with van der Waals surface area (Å²) in [4.78, 5) is 35.4. The minimum absolute atomic E-state index is 0.00405. The Morgan fingerprint density at radius 3 is 2.84 bits per heavy atom. The monoisotopic (exact) mass is 517 g/mol. The Bertz CT molecular complexity index is 1230. The van der Waals surface area contributed by atoms with E-state index in [1.165, 1.54) is 18.2 Å². The SMILES string of the molecule is CCCCC(CC)Nc1nc(C2CCCN(C(=O)c3cccc4c3OC(F)(F)O4)C2)[nH]c(=O)c1C(C)=N. The van der Waals surface area contributed by atoms with Gasteiger partial charge in [-0.2, -0.15) is 0 Å². The second-order valence-corrected chi connectivity index (χ2v) is 9.58. The second-order valence-electron chi connectivity index (χ2n) is 9.58. The number of nitrogens with zero attached hydrogens (tertiary/aromatic N) is 2. The fourth-order valence-electron chi connectivity index (χ4n) is 4.85. The number of alkyl halides is 2. The molecule has 2 aliphatic rings. The van der Waals surface area contributed by atoms with Gasteiger partial charge in [-0.25, -0.2) is 4.98 Å². The minimum atomic E-state index is -3.82. The number of carbonyl (C=O) groups is 1. The van der Waals surface area contributed by atoms with Crippen molar-refractivity contribution in [2.24, 2.45) is 0 Å².